The van der Waals surface area contributed by atoms with Gasteiger partial charge in [0.05, 0.1) is 16.9 Å². The molecule has 1 N–H and O–H groups in total. The van der Waals surface area contributed by atoms with Crippen molar-refractivity contribution in [2.24, 2.45) is 0 Å². The topological polar surface area (TPSA) is 66.5 Å². The molecule has 1 atom stereocenters. The summed E-state index contributed by atoms with van der Waals surface area (Å²) in [5, 5.41) is 2.93. The lowest BCUT2D eigenvalue weighted by atomic mass is 10.1. The first-order valence-electron chi connectivity index (χ1n) is 7.87. The van der Waals surface area contributed by atoms with Crippen LogP contribution in [0.25, 0.3) is 0 Å². The minimum atomic E-state index is -0.243. The fourth-order valence-electron chi connectivity index (χ4n) is 2.58. The highest BCUT2D eigenvalue weighted by Gasteiger charge is 2.34. The van der Waals surface area contributed by atoms with Gasteiger partial charge < -0.3 is 5.32 Å². The molecular formula is C17H22N2O3S. The number of hydrogen-bond donors (Lipinski definition) is 1. The number of amides is 3. The Bertz CT molecular complexity index is 568. The third-order valence-electron chi connectivity index (χ3n) is 3.70. The summed E-state index contributed by atoms with van der Waals surface area (Å²) in [5.74, 6) is 0.413. The average Bonchev–Trinajstić information content (AvgIpc) is 2.76. The average molecular weight is 334 g/mol. The number of carbonyl (C=O) groups is 3. The third kappa shape index (κ3) is 4.34. The van der Waals surface area contributed by atoms with Gasteiger partial charge in [0, 0.05) is 18.3 Å². The van der Waals surface area contributed by atoms with Crippen LogP contribution in [0.4, 0.5) is 0 Å². The molecule has 1 aromatic rings. The molecule has 0 aromatic heterocycles. The molecule has 5 nitrogen and oxygen atoms in total. The first-order chi connectivity index (χ1) is 11.0. The third-order valence-corrected chi connectivity index (χ3v) is 4.64. The lowest BCUT2D eigenvalue weighted by Crippen LogP contribution is -2.34. The van der Waals surface area contributed by atoms with E-state index >= 15 is 0 Å². The van der Waals surface area contributed by atoms with E-state index in [1.54, 1.807) is 24.3 Å². The first-order valence-corrected chi connectivity index (χ1v) is 9.02. The van der Waals surface area contributed by atoms with E-state index in [1.165, 1.54) is 16.7 Å². The van der Waals surface area contributed by atoms with Crippen molar-refractivity contribution in [3.05, 3.63) is 35.4 Å². The molecule has 0 bridgehead atoms. The van der Waals surface area contributed by atoms with Gasteiger partial charge in [-0.25, -0.2) is 0 Å². The minimum absolute atomic E-state index is 0.00156. The fourth-order valence-corrected chi connectivity index (χ4v) is 3.31. The molecule has 0 saturated carbocycles. The van der Waals surface area contributed by atoms with Crippen molar-refractivity contribution in [2.75, 3.05) is 18.1 Å². The predicted molar refractivity (Wildman–Crippen MR) is 91.6 cm³/mol. The monoisotopic (exact) mass is 334 g/mol. The Hall–Kier alpha value is -1.82. The number of nitrogens with one attached hydrogen (secondary N) is 1. The summed E-state index contributed by atoms with van der Waals surface area (Å²) >= 11 is 1.43. The number of imide groups is 1. The van der Waals surface area contributed by atoms with Crippen LogP contribution in [-0.4, -0.2) is 46.7 Å². The Morgan fingerprint density at radius 1 is 1.22 bits per heavy atom. The fraction of sp³-hybridized carbons (Fsp3) is 0.471. The molecule has 0 radical (unpaired) electrons. The Morgan fingerprint density at radius 2 is 1.83 bits per heavy atom. The lowest BCUT2D eigenvalue weighted by molar-refractivity contribution is -0.119. The lowest BCUT2D eigenvalue weighted by Gasteiger charge is -2.14. The van der Waals surface area contributed by atoms with Gasteiger partial charge in [0.15, 0.2) is 0 Å². The highest BCUT2D eigenvalue weighted by atomic mass is 32.2. The van der Waals surface area contributed by atoms with Crippen molar-refractivity contribution >= 4 is 29.5 Å². The number of hydrogen-bond acceptors (Lipinski definition) is 4. The van der Waals surface area contributed by atoms with Crippen molar-refractivity contribution in [2.45, 2.75) is 32.7 Å². The smallest absolute Gasteiger partial charge is 0.261 e. The molecule has 23 heavy (non-hydrogen) atoms. The molecule has 1 aliphatic heterocycles. The Balaban J connectivity index is 1.75. The van der Waals surface area contributed by atoms with E-state index < -0.39 is 0 Å². The van der Waals surface area contributed by atoms with Crippen LogP contribution in [0.2, 0.25) is 0 Å². The van der Waals surface area contributed by atoms with E-state index in [9.17, 15) is 14.4 Å². The molecule has 124 valence electrons. The summed E-state index contributed by atoms with van der Waals surface area (Å²) in [5.41, 5.74) is 0.933. The summed E-state index contributed by atoms with van der Waals surface area (Å²) in [7, 11) is 0. The highest BCUT2D eigenvalue weighted by Crippen LogP contribution is 2.22. The maximum atomic E-state index is 12.2. The van der Waals surface area contributed by atoms with Gasteiger partial charge in [0.2, 0.25) is 5.91 Å². The molecular weight excluding hydrogens is 312 g/mol. The van der Waals surface area contributed by atoms with Crippen LogP contribution in [-0.2, 0) is 4.79 Å². The zero-order chi connectivity index (χ0) is 16.8. The zero-order valence-electron chi connectivity index (χ0n) is 13.5. The first kappa shape index (κ1) is 17.5. The van der Waals surface area contributed by atoms with Crippen molar-refractivity contribution in [1.29, 1.82) is 0 Å². The largest absolute Gasteiger partial charge is 0.353 e. The molecule has 0 saturated heterocycles. The summed E-state index contributed by atoms with van der Waals surface area (Å²) in [6.45, 7) is 4.40. The van der Waals surface area contributed by atoms with Gasteiger partial charge in [0.1, 0.15) is 0 Å². The Morgan fingerprint density at radius 3 is 2.39 bits per heavy atom. The second-order valence-corrected chi connectivity index (χ2v) is 6.72. The number of benzene rings is 1. The van der Waals surface area contributed by atoms with Crippen LogP contribution in [0.5, 0.6) is 0 Å². The van der Waals surface area contributed by atoms with Crippen LogP contribution in [0.3, 0.4) is 0 Å². The Kier molecular flexibility index (Phi) is 6.21. The second kappa shape index (κ2) is 8.15. The van der Waals surface area contributed by atoms with Crippen LogP contribution in [0, 0.1) is 0 Å². The second-order valence-electron chi connectivity index (χ2n) is 5.62. The van der Waals surface area contributed by atoms with Crippen LogP contribution in [0.1, 0.15) is 47.4 Å². The van der Waals surface area contributed by atoms with Crippen LogP contribution >= 0.6 is 11.8 Å². The van der Waals surface area contributed by atoms with E-state index in [4.69, 9.17) is 0 Å². The highest BCUT2D eigenvalue weighted by molar-refractivity contribution is 7.99. The quantitative estimate of drug-likeness (QED) is 0.585. The summed E-state index contributed by atoms with van der Waals surface area (Å²) in [6, 6.07) is 7.04. The molecule has 2 rings (SSSR count). The van der Waals surface area contributed by atoms with Crippen molar-refractivity contribution in [1.82, 2.24) is 10.2 Å². The molecule has 0 aliphatic carbocycles. The number of rotatable bonds is 8. The number of fused-ring (bicyclic) bond motifs is 1. The SMILES string of the molecule is CCC[C@@H](C)NC(=O)CSCCN1C(=O)c2ccccc2C1=O. The molecule has 1 heterocycles. The normalized spacial score (nSPS) is 14.8. The number of thioether (sulfide) groups is 1. The van der Waals surface area contributed by atoms with Gasteiger partial charge in [-0.3, -0.25) is 19.3 Å². The van der Waals surface area contributed by atoms with Gasteiger partial charge >= 0.3 is 0 Å². The molecule has 1 aliphatic rings. The molecule has 3 amide bonds. The molecule has 0 fully saturated rings. The van der Waals surface area contributed by atoms with Crippen molar-refractivity contribution in [3.63, 3.8) is 0 Å². The zero-order valence-corrected chi connectivity index (χ0v) is 14.3. The molecule has 0 unspecified atom stereocenters. The van der Waals surface area contributed by atoms with E-state index in [0.717, 1.165) is 12.8 Å². The molecule has 6 heteroatoms. The van der Waals surface area contributed by atoms with Gasteiger partial charge in [-0.15, -0.1) is 0 Å². The minimum Gasteiger partial charge on any atom is -0.353 e. The Labute approximate surface area is 140 Å². The van der Waals surface area contributed by atoms with Crippen molar-refractivity contribution < 1.29 is 14.4 Å². The van der Waals surface area contributed by atoms with Gasteiger partial charge in [-0.1, -0.05) is 25.5 Å². The van der Waals surface area contributed by atoms with E-state index in [2.05, 4.69) is 12.2 Å². The summed E-state index contributed by atoms with van der Waals surface area (Å²) in [4.78, 5) is 37.3. The van der Waals surface area contributed by atoms with E-state index in [1.807, 2.05) is 6.92 Å². The van der Waals surface area contributed by atoms with E-state index in [0.29, 0.717) is 29.2 Å². The van der Waals surface area contributed by atoms with Crippen molar-refractivity contribution in [3.8, 4) is 0 Å². The number of nitrogens with zero attached hydrogens (tertiary/aromatic N) is 1. The molecule has 0 spiro atoms. The molecule has 1 aromatic carbocycles. The van der Waals surface area contributed by atoms with Gasteiger partial charge in [-0.05, 0) is 25.5 Å². The van der Waals surface area contributed by atoms with Gasteiger partial charge in [-0.2, -0.15) is 11.8 Å². The summed E-state index contributed by atoms with van der Waals surface area (Å²) in [6.07, 6.45) is 2.00. The van der Waals surface area contributed by atoms with Crippen LogP contribution < -0.4 is 5.32 Å². The van der Waals surface area contributed by atoms with Crippen LogP contribution in [0.15, 0.2) is 24.3 Å². The predicted octanol–water partition coefficient (Wildman–Crippen LogP) is 2.32. The summed E-state index contributed by atoms with van der Waals surface area (Å²) < 4.78 is 0. The maximum Gasteiger partial charge on any atom is 0.261 e. The maximum absolute atomic E-state index is 12.2. The number of carbonyl (C=O) groups excluding carboxylic acids is 3. The standard InChI is InChI=1S/C17H22N2O3S/c1-3-6-12(2)18-15(20)11-23-10-9-19-16(21)13-7-4-5-8-14(13)17(19)22/h4-5,7-8,12H,3,6,9-11H2,1-2H3,(H,18,20)/t12-/m1/s1. The van der Waals surface area contributed by atoms with E-state index in [-0.39, 0.29) is 23.8 Å². The van der Waals surface area contributed by atoms with Gasteiger partial charge in [0.25, 0.3) is 11.8 Å².